The Bertz CT molecular complexity index is 1570. The number of aliphatic carboxylic acids is 1. The first-order chi connectivity index (χ1) is 25.9. The highest BCUT2D eigenvalue weighted by Gasteiger charge is 2.77. The first-order valence-electron chi connectivity index (χ1n) is 21.1. The Labute approximate surface area is 329 Å². The van der Waals surface area contributed by atoms with E-state index in [0.29, 0.717) is 24.7 Å². The van der Waals surface area contributed by atoms with Crippen LogP contribution in [0.4, 0.5) is 0 Å². The normalized spacial score (nSPS) is 56.3. The second-order valence-corrected chi connectivity index (χ2v) is 21.2. The molecule has 0 aromatic heterocycles. The molecule has 5 saturated carbocycles. The molecule has 318 valence electrons. The summed E-state index contributed by atoms with van der Waals surface area (Å²) in [5, 5.41) is 74.9. The number of fused-ring (bicyclic) bond motifs is 7. The number of carbonyl (C=O) groups excluding carboxylic acids is 1. The van der Waals surface area contributed by atoms with Crippen molar-refractivity contribution in [3.8, 4) is 0 Å². The summed E-state index contributed by atoms with van der Waals surface area (Å²) in [6, 6.07) is 0. The summed E-state index contributed by atoms with van der Waals surface area (Å²) in [5.74, 6) is -0.659. The molecule has 0 aromatic rings. The Morgan fingerprint density at radius 3 is 2.12 bits per heavy atom. The molecule has 8 fully saturated rings. The number of hydrogen-bond acceptors (Lipinski definition) is 13. The molecule has 8 rings (SSSR count). The van der Waals surface area contributed by atoms with Gasteiger partial charge in [0.05, 0.1) is 23.2 Å². The molecule has 21 unspecified atom stereocenters. The second kappa shape index (κ2) is 13.3. The molecule has 0 radical (unpaired) electrons. The smallest absolute Gasteiger partial charge is 0.335 e. The van der Waals surface area contributed by atoms with E-state index in [1.165, 1.54) is 6.92 Å². The molecule has 0 amide bonds. The van der Waals surface area contributed by atoms with Gasteiger partial charge in [0.2, 0.25) is 0 Å². The molecule has 21 atom stereocenters. The highest BCUT2D eigenvalue weighted by molar-refractivity contribution is 5.81. The van der Waals surface area contributed by atoms with Crippen molar-refractivity contribution in [2.24, 2.45) is 56.7 Å². The largest absolute Gasteiger partial charge is 0.479 e. The molecule has 14 nitrogen and oxygen atoms in total. The molecule has 3 heterocycles. The maximum absolute atomic E-state index is 13.5. The molecule has 7 N–H and O–H groups in total. The Balaban J connectivity index is 1.05. The van der Waals surface area contributed by atoms with Crippen LogP contribution < -0.4 is 0 Å². The fourth-order valence-corrected chi connectivity index (χ4v) is 15.1. The fraction of sp³-hybridized carbons (Fsp3) is 0.952. The summed E-state index contributed by atoms with van der Waals surface area (Å²) in [4.78, 5) is 25.7. The van der Waals surface area contributed by atoms with Gasteiger partial charge >= 0.3 is 11.9 Å². The number of rotatable bonds is 6. The first-order valence-corrected chi connectivity index (χ1v) is 21.1. The summed E-state index contributed by atoms with van der Waals surface area (Å²) in [6.07, 6.45) is -8.58. The Morgan fingerprint density at radius 2 is 1.46 bits per heavy atom. The van der Waals surface area contributed by atoms with Gasteiger partial charge in [-0.05, 0) is 117 Å². The minimum absolute atomic E-state index is 0.0150. The van der Waals surface area contributed by atoms with Crippen molar-refractivity contribution in [2.45, 2.75) is 192 Å². The Morgan fingerprint density at radius 1 is 0.768 bits per heavy atom. The summed E-state index contributed by atoms with van der Waals surface area (Å²) in [6.45, 7) is 17.0. The monoisotopic (exact) mass is 794 g/mol. The predicted molar refractivity (Wildman–Crippen MR) is 196 cm³/mol. The predicted octanol–water partition coefficient (Wildman–Crippen LogP) is 2.50. The van der Waals surface area contributed by atoms with Crippen molar-refractivity contribution in [3.63, 3.8) is 0 Å². The standard InChI is InChI=1S/C42H66O14/c1-18-26(43)27(44)30(47)34(52-18)56-32-29(46)28(45)31(33(48)49)55-35(32)54-23-12-13-39(6)21(37(23,2)3)11-14-41(8)22(39)10-9-19-24-25(38(4,5)51)20-17-42(24,36(50)53-20)16-15-40(19,41)7/h18-32,34-35,43-47,51H,9-17H2,1-8H3,(H,48,49). The molecular weight excluding hydrogens is 728 g/mol. The van der Waals surface area contributed by atoms with Crippen molar-refractivity contribution in [1.29, 1.82) is 0 Å². The number of carboxylic acid groups (broad SMARTS) is 1. The molecule has 0 aromatic carbocycles. The third-order valence-corrected chi connectivity index (χ3v) is 18.1. The van der Waals surface area contributed by atoms with Crippen LogP contribution >= 0.6 is 0 Å². The van der Waals surface area contributed by atoms with Crippen LogP contribution in [0.2, 0.25) is 0 Å². The minimum Gasteiger partial charge on any atom is -0.479 e. The lowest BCUT2D eigenvalue weighted by molar-refractivity contribution is -0.372. The van der Waals surface area contributed by atoms with Crippen molar-refractivity contribution in [1.82, 2.24) is 0 Å². The number of carboxylic acids is 1. The Hall–Kier alpha value is -1.46. The van der Waals surface area contributed by atoms with Gasteiger partial charge in [0.25, 0.3) is 0 Å². The van der Waals surface area contributed by atoms with E-state index >= 15 is 0 Å². The molecule has 14 heteroatoms. The Kier molecular flexibility index (Phi) is 9.78. The number of aliphatic hydroxyl groups is 6. The first kappa shape index (κ1) is 41.3. The van der Waals surface area contributed by atoms with Gasteiger partial charge in [-0.25, -0.2) is 4.79 Å². The summed E-state index contributed by atoms with van der Waals surface area (Å²) in [7, 11) is 0. The lowest BCUT2D eigenvalue weighted by Gasteiger charge is -2.73. The van der Waals surface area contributed by atoms with Crippen molar-refractivity contribution < 1.29 is 69.0 Å². The van der Waals surface area contributed by atoms with E-state index in [0.717, 1.165) is 44.9 Å². The average molecular weight is 795 g/mol. The molecule has 5 aliphatic carbocycles. The third-order valence-electron chi connectivity index (χ3n) is 18.1. The van der Waals surface area contributed by atoms with Crippen molar-refractivity contribution >= 4 is 11.9 Å². The zero-order valence-corrected chi connectivity index (χ0v) is 34.2. The van der Waals surface area contributed by atoms with Crippen LogP contribution in [-0.2, 0) is 33.3 Å². The van der Waals surface area contributed by atoms with Crippen LogP contribution in [0.15, 0.2) is 0 Å². The van der Waals surface area contributed by atoms with Crippen LogP contribution in [-0.4, -0.2) is 127 Å². The maximum Gasteiger partial charge on any atom is 0.335 e. The summed E-state index contributed by atoms with van der Waals surface area (Å²) in [5.41, 5.74) is -2.05. The van der Waals surface area contributed by atoms with Crippen LogP contribution in [0, 0.1) is 56.7 Å². The highest BCUT2D eigenvalue weighted by atomic mass is 16.8. The lowest BCUT2D eigenvalue weighted by Crippen LogP contribution is -2.68. The van der Waals surface area contributed by atoms with Crippen LogP contribution in [0.3, 0.4) is 0 Å². The number of hydrogen-bond donors (Lipinski definition) is 7. The van der Waals surface area contributed by atoms with Crippen LogP contribution in [0.25, 0.3) is 0 Å². The fourth-order valence-electron chi connectivity index (χ4n) is 15.1. The topological polar surface area (TPSA) is 222 Å². The van der Waals surface area contributed by atoms with Gasteiger partial charge < -0.3 is 59.4 Å². The van der Waals surface area contributed by atoms with Crippen molar-refractivity contribution in [2.75, 3.05) is 0 Å². The van der Waals surface area contributed by atoms with E-state index in [1.54, 1.807) is 0 Å². The zero-order valence-electron chi connectivity index (χ0n) is 34.2. The van der Waals surface area contributed by atoms with Gasteiger partial charge in [-0.2, -0.15) is 0 Å². The molecule has 1 spiro atoms. The van der Waals surface area contributed by atoms with E-state index in [9.17, 15) is 45.3 Å². The van der Waals surface area contributed by atoms with Gasteiger partial charge in [0.1, 0.15) is 42.7 Å². The average Bonchev–Trinajstić information content (AvgIpc) is 3.62. The van der Waals surface area contributed by atoms with Gasteiger partial charge in [0, 0.05) is 12.3 Å². The molecule has 2 bridgehead atoms. The molecule has 3 saturated heterocycles. The van der Waals surface area contributed by atoms with Crippen LogP contribution in [0.1, 0.15) is 113 Å². The quantitative estimate of drug-likeness (QED) is 0.152. The minimum atomic E-state index is -1.89. The SMILES string of the molecule is CC1OC(OC2C(OC3CCC4(C)C(CCC5(C)C4CCC4C6C(C(C)(C)O)C7CC6(CCC45C)C(=O)O7)C3(C)C)OC(C(=O)O)C(O)C2O)C(O)C(O)C1O. The number of aliphatic hydroxyl groups excluding tert-OH is 5. The van der Waals surface area contributed by atoms with Gasteiger partial charge in [-0.3, -0.25) is 4.79 Å². The molecule has 3 aliphatic heterocycles. The van der Waals surface area contributed by atoms with Crippen molar-refractivity contribution in [3.05, 3.63) is 0 Å². The second-order valence-electron chi connectivity index (χ2n) is 21.2. The zero-order chi connectivity index (χ0) is 40.9. The van der Waals surface area contributed by atoms with Gasteiger partial charge in [-0.1, -0.05) is 34.6 Å². The van der Waals surface area contributed by atoms with Gasteiger partial charge in [-0.15, -0.1) is 0 Å². The molecule has 56 heavy (non-hydrogen) atoms. The number of ether oxygens (including phenoxy) is 5. The molecule has 8 aliphatic rings. The molecular formula is C42H66O14. The maximum atomic E-state index is 13.5. The highest BCUT2D eigenvalue weighted by Crippen LogP contribution is 2.79. The summed E-state index contributed by atoms with van der Waals surface area (Å²) >= 11 is 0. The van der Waals surface area contributed by atoms with Crippen LogP contribution in [0.5, 0.6) is 0 Å². The summed E-state index contributed by atoms with van der Waals surface area (Å²) < 4.78 is 30.1. The van der Waals surface area contributed by atoms with E-state index in [4.69, 9.17) is 23.7 Å². The number of carbonyl (C=O) groups is 2. The van der Waals surface area contributed by atoms with Gasteiger partial charge in [0.15, 0.2) is 18.7 Å². The third kappa shape index (κ3) is 5.55. The van der Waals surface area contributed by atoms with E-state index < -0.39 is 89.9 Å². The number of esters is 1. The van der Waals surface area contributed by atoms with E-state index in [1.807, 2.05) is 13.8 Å². The van der Waals surface area contributed by atoms with E-state index in [-0.39, 0.29) is 46.1 Å². The van der Waals surface area contributed by atoms with E-state index in [2.05, 4.69) is 34.6 Å². The lowest BCUT2D eigenvalue weighted by atomic mass is 9.32.